The van der Waals surface area contributed by atoms with Crippen molar-refractivity contribution in [2.75, 3.05) is 0 Å². The topological polar surface area (TPSA) is 0 Å². The zero-order valence-corrected chi connectivity index (χ0v) is 34.5. The second-order valence-corrected chi connectivity index (χ2v) is 18.3. The van der Waals surface area contributed by atoms with E-state index >= 15 is 0 Å². The maximum absolute atomic E-state index is 2.55. The van der Waals surface area contributed by atoms with Crippen LogP contribution in [-0.4, -0.2) is 0 Å². The summed E-state index contributed by atoms with van der Waals surface area (Å²) in [7, 11) is 0. The van der Waals surface area contributed by atoms with Gasteiger partial charge >= 0.3 is 0 Å². The summed E-state index contributed by atoms with van der Waals surface area (Å²) in [6.07, 6.45) is 6.29. The average Bonchev–Trinajstić information content (AvgIpc) is 3.59. The van der Waals surface area contributed by atoms with Crippen LogP contribution < -0.4 is 0 Å². The van der Waals surface area contributed by atoms with Crippen molar-refractivity contribution in [3.8, 4) is 55.6 Å². The summed E-state index contributed by atoms with van der Waals surface area (Å²) in [5.41, 5.74) is 16.3. The summed E-state index contributed by atoms with van der Waals surface area (Å²) in [5, 5.41) is 16.0. The van der Waals surface area contributed by atoms with Crippen molar-refractivity contribution in [2.24, 2.45) is 0 Å². The number of hydrogen-bond donors (Lipinski definition) is 0. The van der Waals surface area contributed by atoms with E-state index in [1.165, 1.54) is 164 Å². The molecule has 14 rings (SSSR count). The molecule has 0 bridgehead atoms. The third-order valence-corrected chi connectivity index (χ3v) is 15.2. The first-order chi connectivity index (χ1) is 30.7. The van der Waals surface area contributed by atoms with Gasteiger partial charge in [-0.1, -0.05) is 201 Å². The van der Waals surface area contributed by atoms with E-state index < -0.39 is 0 Å². The summed E-state index contributed by atoms with van der Waals surface area (Å²) in [4.78, 5) is 0. The zero-order valence-electron chi connectivity index (χ0n) is 34.5. The molecule has 0 amide bonds. The predicted molar refractivity (Wildman–Crippen MR) is 265 cm³/mol. The van der Waals surface area contributed by atoms with Crippen LogP contribution in [0.1, 0.15) is 43.2 Å². The number of benzene rings is 12. The molecule has 0 heteroatoms. The lowest BCUT2D eigenvalue weighted by atomic mass is 9.67. The van der Waals surface area contributed by atoms with Crippen molar-refractivity contribution in [3.63, 3.8) is 0 Å². The maximum atomic E-state index is 2.55. The SMILES string of the molecule is c1cc2ccc3ccc(-c4ccc(-c5ccc6c(c5)C5(CCCCC5)c5cc(-c7ccc(-c8ccc9ccc%10cccc%11ccc8c9c%10%11)cc7)ccc5-6)cc4)c4ccc(c1)c2c34. The van der Waals surface area contributed by atoms with Crippen molar-refractivity contribution in [1.29, 1.82) is 0 Å². The second kappa shape index (κ2) is 12.9. The fourth-order valence-corrected chi connectivity index (χ4v) is 12.2. The predicted octanol–water partition coefficient (Wildman–Crippen LogP) is 17.4. The fourth-order valence-electron chi connectivity index (χ4n) is 12.2. The molecule has 62 heavy (non-hydrogen) atoms. The normalized spacial score (nSPS) is 14.6. The van der Waals surface area contributed by atoms with Crippen LogP contribution in [0.15, 0.2) is 194 Å². The Hall–Kier alpha value is -7.28. The summed E-state index contributed by atoms with van der Waals surface area (Å²) < 4.78 is 0. The molecule has 290 valence electrons. The smallest absolute Gasteiger partial charge is 0.0215 e. The molecule has 0 atom stereocenters. The molecule has 0 saturated heterocycles. The molecule has 0 unspecified atom stereocenters. The van der Waals surface area contributed by atoms with Crippen molar-refractivity contribution in [1.82, 2.24) is 0 Å². The monoisotopic (exact) mass is 786 g/mol. The van der Waals surface area contributed by atoms with Crippen LogP contribution in [0.25, 0.3) is 120 Å². The van der Waals surface area contributed by atoms with Gasteiger partial charge in [0.2, 0.25) is 0 Å². The molecule has 0 radical (unpaired) electrons. The van der Waals surface area contributed by atoms with Crippen LogP contribution in [-0.2, 0) is 5.41 Å². The fraction of sp³-hybridized carbons (Fsp3) is 0.0968. The van der Waals surface area contributed by atoms with Crippen molar-refractivity contribution < 1.29 is 0 Å². The lowest BCUT2D eigenvalue weighted by Gasteiger charge is -2.36. The van der Waals surface area contributed by atoms with E-state index in [0.717, 1.165) is 0 Å². The largest absolute Gasteiger partial charge is 0.0610 e. The van der Waals surface area contributed by atoms with E-state index in [-0.39, 0.29) is 5.41 Å². The molecule has 2 aliphatic carbocycles. The Balaban J connectivity index is 0.808. The van der Waals surface area contributed by atoms with Crippen LogP contribution in [0.2, 0.25) is 0 Å². The highest BCUT2D eigenvalue weighted by Crippen LogP contribution is 2.57. The van der Waals surface area contributed by atoms with Gasteiger partial charge < -0.3 is 0 Å². The zero-order chi connectivity index (χ0) is 40.5. The Morgan fingerprint density at radius 2 is 0.597 bits per heavy atom. The highest BCUT2D eigenvalue weighted by Gasteiger charge is 2.44. The molecule has 12 aromatic carbocycles. The van der Waals surface area contributed by atoms with Gasteiger partial charge in [0.25, 0.3) is 0 Å². The van der Waals surface area contributed by atoms with E-state index in [9.17, 15) is 0 Å². The van der Waals surface area contributed by atoms with Crippen LogP contribution in [0.5, 0.6) is 0 Å². The van der Waals surface area contributed by atoms with Crippen molar-refractivity contribution in [3.05, 3.63) is 205 Å². The highest BCUT2D eigenvalue weighted by atomic mass is 14.5. The first-order valence-electron chi connectivity index (χ1n) is 22.5. The Morgan fingerprint density at radius 3 is 1.03 bits per heavy atom. The average molecular weight is 787 g/mol. The number of hydrogen-bond acceptors (Lipinski definition) is 0. The van der Waals surface area contributed by atoms with Gasteiger partial charge in [0.05, 0.1) is 0 Å². The number of rotatable bonds is 4. The number of fused-ring (bicyclic) bond motifs is 5. The van der Waals surface area contributed by atoms with Gasteiger partial charge in [-0.2, -0.15) is 0 Å². The van der Waals surface area contributed by atoms with Crippen LogP contribution in [0.4, 0.5) is 0 Å². The highest BCUT2D eigenvalue weighted by molar-refractivity contribution is 6.26. The van der Waals surface area contributed by atoms with Gasteiger partial charge in [0.1, 0.15) is 0 Å². The molecule has 0 aromatic heterocycles. The first kappa shape index (κ1) is 34.4. The third-order valence-electron chi connectivity index (χ3n) is 15.2. The molecule has 0 heterocycles. The molecule has 0 nitrogen and oxygen atoms in total. The molecule has 12 aromatic rings. The third kappa shape index (κ3) is 4.84. The minimum Gasteiger partial charge on any atom is -0.0610 e. The lowest BCUT2D eigenvalue weighted by molar-refractivity contribution is 0.353. The summed E-state index contributed by atoms with van der Waals surface area (Å²) in [5.74, 6) is 0. The van der Waals surface area contributed by atoms with Gasteiger partial charge in [0, 0.05) is 5.41 Å². The summed E-state index contributed by atoms with van der Waals surface area (Å²) in [6.45, 7) is 0. The molecular weight excluding hydrogens is 745 g/mol. The second-order valence-electron chi connectivity index (χ2n) is 18.3. The molecule has 1 saturated carbocycles. The summed E-state index contributed by atoms with van der Waals surface area (Å²) >= 11 is 0. The van der Waals surface area contributed by atoms with Gasteiger partial charge in [-0.25, -0.2) is 0 Å². The van der Waals surface area contributed by atoms with E-state index in [1.54, 1.807) is 0 Å². The van der Waals surface area contributed by atoms with Crippen molar-refractivity contribution >= 4 is 64.6 Å². The Bertz CT molecular complexity index is 3470. The molecule has 2 aliphatic rings. The quantitative estimate of drug-likeness (QED) is 0.156. The van der Waals surface area contributed by atoms with Crippen LogP contribution >= 0.6 is 0 Å². The first-order valence-corrected chi connectivity index (χ1v) is 22.5. The standard InChI is InChI=1S/C62H42/c1-2-34-62(35-3-1)56-36-48(38-10-14-40(15-11-38)50-28-22-46-20-18-42-6-4-8-44-24-32-54(50)60(46)58(42)44)26-30-52(56)53-31-27-49(37-57(53)62)39-12-16-41(17-13-39)51-29-23-47-21-19-43-7-5-9-45-25-33-55(51)61(47)59(43)45/h4-33,36-37H,1-3,34-35H2. The van der Waals surface area contributed by atoms with Gasteiger partial charge in [-0.3, -0.25) is 0 Å². The summed E-state index contributed by atoms with van der Waals surface area (Å²) in [6, 6.07) is 74.2. The minimum atomic E-state index is 0.0538. The van der Waals surface area contributed by atoms with E-state index in [0.29, 0.717) is 0 Å². The van der Waals surface area contributed by atoms with Gasteiger partial charge in [-0.15, -0.1) is 0 Å². The molecule has 0 aliphatic heterocycles. The van der Waals surface area contributed by atoms with Crippen molar-refractivity contribution in [2.45, 2.75) is 37.5 Å². The Labute approximate surface area is 361 Å². The molecule has 0 N–H and O–H groups in total. The minimum absolute atomic E-state index is 0.0538. The van der Waals surface area contributed by atoms with E-state index in [2.05, 4.69) is 194 Å². The van der Waals surface area contributed by atoms with Crippen LogP contribution in [0, 0.1) is 0 Å². The van der Waals surface area contributed by atoms with Crippen LogP contribution in [0.3, 0.4) is 0 Å². The molecular formula is C62H42. The lowest BCUT2D eigenvalue weighted by Crippen LogP contribution is -2.28. The molecule has 1 fully saturated rings. The molecule has 1 spiro atoms. The Kier molecular flexibility index (Phi) is 7.15. The van der Waals surface area contributed by atoms with E-state index in [1.807, 2.05) is 0 Å². The Morgan fingerprint density at radius 1 is 0.258 bits per heavy atom. The van der Waals surface area contributed by atoms with E-state index in [4.69, 9.17) is 0 Å². The van der Waals surface area contributed by atoms with Gasteiger partial charge in [-0.05, 0) is 156 Å². The maximum Gasteiger partial charge on any atom is 0.0215 e. The van der Waals surface area contributed by atoms with Gasteiger partial charge in [0.15, 0.2) is 0 Å².